The van der Waals surface area contributed by atoms with E-state index in [0.29, 0.717) is 28.5 Å². The quantitative estimate of drug-likeness (QED) is 0.804. The van der Waals surface area contributed by atoms with Crippen LogP contribution in [0.15, 0.2) is 48.5 Å². The lowest BCUT2D eigenvalue weighted by molar-refractivity contribution is 0.0956. The molecule has 5 nitrogen and oxygen atoms in total. The highest BCUT2D eigenvalue weighted by atomic mass is 35.5. The molecule has 0 aliphatic rings. The van der Waals surface area contributed by atoms with E-state index in [-0.39, 0.29) is 5.91 Å². The van der Waals surface area contributed by atoms with Gasteiger partial charge < -0.3 is 16.0 Å². The predicted octanol–water partition coefficient (Wildman–Crippen LogP) is 3.73. The second-order valence-electron chi connectivity index (χ2n) is 4.46. The summed E-state index contributed by atoms with van der Waals surface area (Å²) < 4.78 is 0. The zero-order valence-electron chi connectivity index (χ0n) is 12.0. The van der Waals surface area contributed by atoms with E-state index in [1.165, 1.54) is 0 Å². The molecule has 0 bridgehead atoms. The number of hydrogen-bond acceptors (Lipinski definition) is 2. The zero-order chi connectivity index (χ0) is 15.9. The summed E-state index contributed by atoms with van der Waals surface area (Å²) in [5, 5.41) is 8.44. The first-order valence-electron chi connectivity index (χ1n) is 6.81. The minimum atomic E-state index is -0.468. The molecule has 3 amide bonds. The number of anilines is 2. The molecule has 2 rings (SSSR count). The van der Waals surface area contributed by atoms with Crippen LogP contribution in [0.3, 0.4) is 0 Å². The van der Waals surface area contributed by atoms with Crippen molar-refractivity contribution in [2.75, 3.05) is 17.2 Å². The third kappa shape index (κ3) is 3.99. The minimum Gasteiger partial charge on any atom is -0.352 e. The van der Waals surface area contributed by atoms with E-state index in [9.17, 15) is 9.59 Å². The highest BCUT2D eigenvalue weighted by Crippen LogP contribution is 2.21. The van der Waals surface area contributed by atoms with Crippen LogP contribution in [0.2, 0.25) is 5.02 Å². The van der Waals surface area contributed by atoms with Gasteiger partial charge in [-0.05, 0) is 31.2 Å². The molecule has 0 aromatic heterocycles. The minimum absolute atomic E-state index is 0.240. The Balaban J connectivity index is 2.12. The van der Waals surface area contributed by atoms with Crippen LogP contribution in [0.4, 0.5) is 16.2 Å². The van der Waals surface area contributed by atoms with Gasteiger partial charge in [0.05, 0.1) is 22.0 Å². The molecule has 0 aliphatic carbocycles. The van der Waals surface area contributed by atoms with Gasteiger partial charge in [0.1, 0.15) is 0 Å². The van der Waals surface area contributed by atoms with Crippen LogP contribution in [-0.4, -0.2) is 18.5 Å². The van der Waals surface area contributed by atoms with Crippen molar-refractivity contribution < 1.29 is 9.59 Å². The number of carbonyl (C=O) groups excluding carboxylic acids is 2. The molecule has 0 atom stereocenters. The summed E-state index contributed by atoms with van der Waals surface area (Å²) >= 11 is 5.99. The molecule has 0 saturated heterocycles. The number of carbonyl (C=O) groups is 2. The lowest BCUT2D eigenvalue weighted by Gasteiger charge is -2.12. The maximum Gasteiger partial charge on any atom is 0.323 e. The third-order valence-corrected chi connectivity index (χ3v) is 3.21. The second-order valence-corrected chi connectivity index (χ2v) is 4.87. The number of benzene rings is 2. The lowest BCUT2D eigenvalue weighted by Crippen LogP contribution is -2.26. The van der Waals surface area contributed by atoms with E-state index >= 15 is 0 Å². The average molecular weight is 318 g/mol. The highest BCUT2D eigenvalue weighted by Gasteiger charge is 2.12. The first kappa shape index (κ1) is 15.9. The van der Waals surface area contributed by atoms with E-state index in [2.05, 4.69) is 16.0 Å². The summed E-state index contributed by atoms with van der Waals surface area (Å²) in [6, 6.07) is 13.2. The van der Waals surface area contributed by atoms with Gasteiger partial charge in [-0.3, -0.25) is 4.79 Å². The molecule has 0 spiro atoms. The van der Waals surface area contributed by atoms with Crippen molar-refractivity contribution in [2.45, 2.75) is 6.92 Å². The summed E-state index contributed by atoms with van der Waals surface area (Å²) in [5.41, 5.74) is 1.33. The molecule has 0 aliphatic heterocycles. The molecule has 2 aromatic carbocycles. The van der Waals surface area contributed by atoms with Crippen molar-refractivity contribution in [3.8, 4) is 0 Å². The SMILES string of the molecule is CCNC(=O)c1ccccc1NC(=O)Nc1ccccc1Cl. The van der Waals surface area contributed by atoms with Crippen molar-refractivity contribution in [3.05, 3.63) is 59.1 Å². The number of urea groups is 1. The molecule has 0 heterocycles. The summed E-state index contributed by atoms with van der Waals surface area (Å²) in [6.07, 6.45) is 0. The van der Waals surface area contributed by atoms with Crippen LogP contribution >= 0.6 is 11.6 Å². The van der Waals surface area contributed by atoms with Gasteiger partial charge in [-0.2, -0.15) is 0 Å². The molecular weight excluding hydrogens is 302 g/mol. The summed E-state index contributed by atoms with van der Waals surface area (Å²) in [7, 11) is 0. The van der Waals surface area contributed by atoms with Gasteiger partial charge in [0.25, 0.3) is 5.91 Å². The Bertz CT molecular complexity index is 689. The normalized spacial score (nSPS) is 9.91. The molecule has 2 aromatic rings. The van der Waals surface area contributed by atoms with Crippen LogP contribution in [0, 0.1) is 0 Å². The third-order valence-electron chi connectivity index (χ3n) is 2.88. The summed E-state index contributed by atoms with van der Waals surface area (Å²) in [4.78, 5) is 24.0. The number of rotatable bonds is 4. The van der Waals surface area contributed by atoms with Gasteiger partial charge in [-0.25, -0.2) is 4.79 Å². The monoisotopic (exact) mass is 317 g/mol. The number of halogens is 1. The predicted molar refractivity (Wildman–Crippen MR) is 88.5 cm³/mol. The lowest BCUT2D eigenvalue weighted by atomic mass is 10.1. The van der Waals surface area contributed by atoms with Crippen LogP contribution in [0.1, 0.15) is 17.3 Å². The topological polar surface area (TPSA) is 70.2 Å². The maximum absolute atomic E-state index is 12.1. The zero-order valence-corrected chi connectivity index (χ0v) is 12.8. The Morgan fingerprint density at radius 1 is 0.955 bits per heavy atom. The standard InChI is InChI=1S/C16H16ClN3O2/c1-2-18-15(21)11-7-3-5-9-13(11)19-16(22)20-14-10-6-4-8-12(14)17/h3-10H,2H2,1H3,(H,18,21)(H2,19,20,22). The van der Waals surface area contributed by atoms with Gasteiger partial charge in [-0.1, -0.05) is 35.9 Å². The Labute approximate surface area is 133 Å². The van der Waals surface area contributed by atoms with Crippen LogP contribution in [-0.2, 0) is 0 Å². The molecule has 0 unspecified atom stereocenters. The smallest absolute Gasteiger partial charge is 0.323 e. The first-order chi connectivity index (χ1) is 10.6. The van der Waals surface area contributed by atoms with Crippen molar-refractivity contribution >= 4 is 34.9 Å². The van der Waals surface area contributed by atoms with E-state index < -0.39 is 6.03 Å². The Hall–Kier alpha value is -2.53. The number of hydrogen-bond donors (Lipinski definition) is 3. The van der Waals surface area contributed by atoms with Crippen molar-refractivity contribution in [1.82, 2.24) is 5.32 Å². The Morgan fingerprint density at radius 3 is 2.23 bits per heavy atom. The molecule has 3 N–H and O–H groups in total. The summed E-state index contributed by atoms with van der Waals surface area (Å²) in [6.45, 7) is 2.34. The van der Waals surface area contributed by atoms with Crippen molar-refractivity contribution in [1.29, 1.82) is 0 Å². The van der Waals surface area contributed by atoms with Gasteiger partial charge in [-0.15, -0.1) is 0 Å². The van der Waals surface area contributed by atoms with Gasteiger partial charge in [0.2, 0.25) is 0 Å². The molecule has 0 radical (unpaired) electrons. The average Bonchev–Trinajstić information content (AvgIpc) is 2.50. The van der Waals surface area contributed by atoms with Crippen LogP contribution in [0.5, 0.6) is 0 Å². The molecular formula is C16H16ClN3O2. The number of amides is 3. The Kier molecular flexibility index (Phi) is 5.38. The Morgan fingerprint density at radius 2 is 1.55 bits per heavy atom. The fourth-order valence-electron chi connectivity index (χ4n) is 1.88. The fraction of sp³-hybridized carbons (Fsp3) is 0.125. The molecule has 0 fully saturated rings. The van der Waals surface area contributed by atoms with Crippen LogP contribution in [0.25, 0.3) is 0 Å². The second kappa shape index (κ2) is 7.47. The molecule has 114 valence electrons. The fourth-order valence-corrected chi connectivity index (χ4v) is 2.07. The first-order valence-corrected chi connectivity index (χ1v) is 7.19. The molecule has 6 heteroatoms. The highest BCUT2D eigenvalue weighted by molar-refractivity contribution is 6.33. The number of para-hydroxylation sites is 2. The van der Waals surface area contributed by atoms with Gasteiger partial charge in [0.15, 0.2) is 0 Å². The van der Waals surface area contributed by atoms with Crippen molar-refractivity contribution in [2.24, 2.45) is 0 Å². The molecule has 22 heavy (non-hydrogen) atoms. The summed E-state index contributed by atoms with van der Waals surface area (Å²) in [5.74, 6) is -0.240. The number of nitrogens with one attached hydrogen (secondary N) is 3. The van der Waals surface area contributed by atoms with E-state index in [0.717, 1.165) is 0 Å². The largest absolute Gasteiger partial charge is 0.352 e. The van der Waals surface area contributed by atoms with E-state index in [1.807, 2.05) is 6.92 Å². The van der Waals surface area contributed by atoms with Crippen molar-refractivity contribution in [3.63, 3.8) is 0 Å². The van der Waals surface area contributed by atoms with E-state index in [4.69, 9.17) is 11.6 Å². The maximum atomic E-state index is 12.1. The van der Waals surface area contributed by atoms with Gasteiger partial charge >= 0.3 is 6.03 Å². The van der Waals surface area contributed by atoms with Crippen LogP contribution < -0.4 is 16.0 Å². The molecule has 0 saturated carbocycles. The van der Waals surface area contributed by atoms with E-state index in [1.54, 1.807) is 48.5 Å². The van der Waals surface area contributed by atoms with Gasteiger partial charge in [0, 0.05) is 6.54 Å².